The fourth-order valence-electron chi connectivity index (χ4n) is 2.45. The summed E-state index contributed by atoms with van der Waals surface area (Å²) in [5, 5.41) is 2.76. The maximum Gasteiger partial charge on any atom is 0.251 e. The van der Waals surface area contributed by atoms with Gasteiger partial charge in [0.1, 0.15) is 6.54 Å². The van der Waals surface area contributed by atoms with E-state index in [0.717, 1.165) is 17.4 Å². The smallest absolute Gasteiger partial charge is 0.251 e. The van der Waals surface area contributed by atoms with Crippen LogP contribution in [0.15, 0.2) is 28.0 Å². The summed E-state index contributed by atoms with van der Waals surface area (Å²) in [6.45, 7) is 8.77. The van der Waals surface area contributed by atoms with Gasteiger partial charge in [-0.3, -0.25) is 9.59 Å². The first kappa shape index (κ1) is 21.4. The van der Waals surface area contributed by atoms with Gasteiger partial charge in [-0.15, -0.1) is 0 Å². The van der Waals surface area contributed by atoms with Crippen LogP contribution in [0.25, 0.3) is 0 Å². The second kappa shape index (κ2) is 9.72. The molecule has 0 saturated heterocycles. The van der Waals surface area contributed by atoms with Gasteiger partial charge in [-0.05, 0) is 24.8 Å². The molecule has 1 aromatic rings. The maximum atomic E-state index is 12.5. The number of hydrogen-bond acceptors (Lipinski definition) is 4. The molecule has 8 heteroatoms. The van der Waals surface area contributed by atoms with Crippen molar-refractivity contribution in [3.05, 3.63) is 28.7 Å². The SMILES string of the molecule is CCN(CC)S(=O)(=O)c1ccc(=O)n(CC(=O)NCCCC(C)C)c1. The lowest BCUT2D eigenvalue weighted by Gasteiger charge is -2.19. The molecule has 0 aliphatic carbocycles. The molecule has 1 heterocycles. The zero-order valence-electron chi connectivity index (χ0n) is 15.5. The standard InChI is InChI=1S/C17H29N3O4S/c1-5-20(6-2)25(23,24)15-9-10-17(22)19(12-15)13-16(21)18-11-7-8-14(3)4/h9-10,12,14H,5-8,11,13H2,1-4H3,(H,18,21). The van der Waals surface area contributed by atoms with Crippen molar-refractivity contribution < 1.29 is 13.2 Å². The minimum absolute atomic E-state index is 0.0170. The summed E-state index contributed by atoms with van der Waals surface area (Å²) in [6, 6.07) is 2.47. The average molecular weight is 372 g/mol. The third-order valence-corrected chi connectivity index (χ3v) is 5.93. The normalized spacial score (nSPS) is 11.9. The highest BCUT2D eigenvalue weighted by Gasteiger charge is 2.22. The Morgan fingerprint density at radius 1 is 1.24 bits per heavy atom. The van der Waals surface area contributed by atoms with Crippen LogP contribution in [0.3, 0.4) is 0 Å². The number of aromatic nitrogens is 1. The van der Waals surface area contributed by atoms with Crippen molar-refractivity contribution >= 4 is 15.9 Å². The summed E-state index contributed by atoms with van der Waals surface area (Å²) < 4.78 is 27.5. The molecule has 0 atom stereocenters. The summed E-state index contributed by atoms with van der Waals surface area (Å²) in [5.41, 5.74) is -0.407. The van der Waals surface area contributed by atoms with E-state index < -0.39 is 15.6 Å². The molecular formula is C17H29N3O4S. The molecule has 0 unspecified atom stereocenters. The van der Waals surface area contributed by atoms with Crippen LogP contribution in [0.4, 0.5) is 0 Å². The molecule has 0 radical (unpaired) electrons. The Morgan fingerprint density at radius 2 is 1.88 bits per heavy atom. The van der Waals surface area contributed by atoms with E-state index in [0.29, 0.717) is 25.6 Å². The lowest BCUT2D eigenvalue weighted by atomic mass is 10.1. The highest BCUT2D eigenvalue weighted by Crippen LogP contribution is 2.13. The molecule has 1 N–H and O–H groups in total. The first-order valence-electron chi connectivity index (χ1n) is 8.69. The van der Waals surface area contributed by atoms with E-state index in [4.69, 9.17) is 0 Å². The largest absolute Gasteiger partial charge is 0.355 e. The molecule has 0 aliphatic rings. The Labute approximate surface area is 150 Å². The predicted molar refractivity (Wildman–Crippen MR) is 97.9 cm³/mol. The lowest BCUT2D eigenvalue weighted by molar-refractivity contribution is -0.121. The fourth-order valence-corrected chi connectivity index (χ4v) is 3.93. The fraction of sp³-hybridized carbons (Fsp3) is 0.647. The molecule has 142 valence electrons. The van der Waals surface area contributed by atoms with Crippen LogP contribution in [-0.2, 0) is 21.4 Å². The Bertz CT molecular complexity index is 722. The number of pyridine rings is 1. The Morgan fingerprint density at radius 3 is 2.44 bits per heavy atom. The van der Waals surface area contributed by atoms with Gasteiger partial charge < -0.3 is 9.88 Å². The van der Waals surface area contributed by atoms with E-state index in [1.54, 1.807) is 13.8 Å². The number of nitrogens with zero attached hydrogens (tertiary/aromatic N) is 2. The van der Waals surface area contributed by atoms with E-state index in [1.165, 1.54) is 22.6 Å². The Kier molecular flexibility index (Phi) is 8.31. The van der Waals surface area contributed by atoms with Crippen LogP contribution in [0, 0.1) is 5.92 Å². The minimum atomic E-state index is -3.66. The van der Waals surface area contributed by atoms with E-state index in [1.807, 2.05) is 0 Å². The van der Waals surface area contributed by atoms with Crippen molar-refractivity contribution in [2.24, 2.45) is 5.92 Å². The zero-order valence-corrected chi connectivity index (χ0v) is 16.3. The summed E-state index contributed by atoms with van der Waals surface area (Å²) in [6.07, 6.45) is 3.12. The van der Waals surface area contributed by atoms with Crippen molar-refractivity contribution in [3.8, 4) is 0 Å². The van der Waals surface area contributed by atoms with Crippen LogP contribution in [0.5, 0.6) is 0 Å². The summed E-state index contributed by atoms with van der Waals surface area (Å²) in [4.78, 5) is 23.9. The number of nitrogens with one attached hydrogen (secondary N) is 1. The van der Waals surface area contributed by atoms with E-state index in [-0.39, 0.29) is 17.3 Å². The summed E-state index contributed by atoms with van der Waals surface area (Å²) in [5.74, 6) is 0.268. The van der Waals surface area contributed by atoms with Gasteiger partial charge in [-0.25, -0.2) is 8.42 Å². The van der Waals surface area contributed by atoms with Gasteiger partial charge in [-0.2, -0.15) is 4.31 Å². The molecule has 7 nitrogen and oxygen atoms in total. The number of amides is 1. The van der Waals surface area contributed by atoms with Crippen LogP contribution >= 0.6 is 0 Å². The predicted octanol–water partition coefficient (Wildman–Crippen LogP) is 1.43. The molecule has 25 heavy (non-hydrogen) atoms. The number of carbonyl (C=O) groups excluding carboxylic acids is 1. The first-order valence-corrected chi connectivity index (χ1v) is 10.1. The van der Waals surface area contributed by atoms with Crippen molar-refractivity contribution in [1.29, 1.82) is 0 Å². The lowest BCUT2D eigenvalue weighted by Crippen LogP contribution is -2.34. The molecule has 0 fully saturated rings. The van der Waals surface area contributed by atoms with Gasteiger partial charge in [0.2, 0.25) is 15.9 Å². The highest BCUT2D eigenvalue weighted by molar-refractivity contribution is 7.89. The van der Waals surface area contributed by atoms with Crippen molar-refractivity contribution in [2.75, 3.05) is 19.6 Å². The second-order valence-corrected chi connectivity index (χ2v) is 8.24. The number of rotatable bonds is 10. The van der Waals surface area contributed by atoms with E-state index >= 15 is 0 Å². The number of carbonyl (C=O) groups is 1. The molecule has 1 aromatic heterocycles. The van der Waals surface area contributed by atoms with Gasteiger partial charge in [0, 0.05) is 31.9 Å². The molecule has 0 aromatic carbocycles. The van der Waals surface area contributed by atoms with E-state index in [9.17, 15) is 18.0 Å². The van der Waals surface area contributed by atoms with Crippen LogP contribution in [0.2, 0.25) is 0 Å². The molecule has 0 bridgehead atoms. The first-order chi connectivity index (χ1) is 11.7. The minimum Gasteiger partial charge on any atom is -0.355 e. The van der Waals surface area contributed by atoms with Crippen molar-refractivity contribution in [1.82, 2.24) is 14.2 Å². The van der Waals surface area contributed by atoms with Gasteiger partial charge in [0.15, 0.2) is 0 Å². The Balaban J connectivity index is 2.85. The van der Waals surface area contributed by atoms with E-state index in [2.05, 4.69) is 19.2 Å². The van der Waals surface area contributed by atoms with Gasteiger partial charge in [0.05, 0.1) is 4.90 Å². The van der Waals surface area contributed by atoms with Crippen LogP contribution < -0.4 is 10.9 Å². The molecule has 0 saturated carbocycles. The quantitative estimate of drug-likeness (QED) is 0.630. The number of sulfonamides is 1. The molecule has 0 aliphatic heterocycles. The molecular weight excluding hydrogens is 342 g/mol. The van der Waals surface area contributed by atoms with Gasteiger partial charge in [0.25, 0.3) is 5.56 Å². The van der Waals surface area contributed by atoms with Crippen LogP contribution in [0.1, 0.15) is 40.5 Å². The Hall–Kier alpha value is -1.67. The molecule has 0 spiro atoms. The highest BCUT2D eigenvalue weighted by atomic mass is 32.2. The summed E-state index contributed by atoms with van der Waals surface area (Å²) >= 11 is 0. The third-order valence-electron chi connectivity index (χ3n) is 3.89. The maximum absolute atomic E-state index is 12.5. The van der Waals surface area contributed by atoms with Gasteiger partial charge in [-0.1, -0.05) is 27.7 Å². The zero-order chi connectivity index (χ0) is 19.0. The topological polar surface area (TPSA) is 88.5 Å². The molecule has 1 rings (SSSR count). The van der Waals surface area contributed by atoms with Crippen molar-refractivity contribution in [2.45, 2.75) is 52.0 Å². The summed E-state index contributed by atoms with van der Waals surface area (Å²) in [7, 11) is -3.66. The van der Waals surface area contributed by atoms with Gasteiger partial charge >= 0.3 is 0 Å². The third kappa shape index (κ3) is 6.28. The number of hydrogen-bond donors (Lipinski definition) is 1. The molecule has 1 amide bonds. The monoisotopic (exact) mass is 371 g/mol. The van der Waals surface area contributed by atoms with Crippen molar-refractivity contribution in [3.63, 3.8) is 0 Å². The van der Waals surface area contributed by atoms with Crippen LogP contribution in [-0.4, -0.2) is 42.8 Å². The second-order valence-electron chi connectivity index (χ2n) is 6.31. The average Bonchev–Trinajstić information content (AvgIpc) is 2.54.